The summed E-state index contributed by atoms with van der Waals surface area (Å²) in [7, 11) is 1.72. The number of likely N-dealkylation sites (tertiary alicyclic amines) is 1. The Balaban J connectivity index is 1.95. The number of ether oxygens (including phenoxy) is 1. The van der Waals surface area contributed by atoms with Gasteiger partial charge in [-0.05, 0) is 18.9 Å². The standard InChI is InChI=1S/C15H19NO3S/c1-19-13-5-7-16(8-6-13)15(18)12-10-14(20-11-12)4-2-3-9-17/h10-11,13,17H,3,5-9H2,1H3. The molecule has 0 spiro atoms. The highest BCUT2D eigenvalue weighted by molar-refractivity contribution is 7.10. The van der Waals surface area contributed by atoms with Crippen LogP contribution in [0.15, 0.2) is 11.4 Å². The lowest BCUT2D eigenvalue weighted by Gasteiger charge is -2.31. The van der Waals surface area contributed by atoms with Crippen LogP contribution in [0.4, 0.5) is 0 Å². The fourth-order valence-corrected chi connectivity index (χ4v) is 2.95. The maximum atomic E-state index is 12.3. The van der Waals surface area contributed by atoms with Gasteiger partial charge in [0.05, 0.1) is 23.2 Å². The van der Waals surface area contributed by atoms with Crippen molar-refractivity contribution in [1.29, 1.82) is 0 Å². The molecule has 1 N–H and O–H groups in total. The van der Waals surface area contributed by atoms with Crippen LogP contribution in [-0.2, 0) is 4.74 Å². The van der Waals surface area contributed by atoms with E-state index in [0.717, 1.165) is 30.8 Å². The van der Waals surface area contributed by atoms with Crippen LogP contribution in [0.2, 0.25) is 0 Å². The lowest BCUT2D eigenvalue weighted by atomic mass is 10.1. The van der Waals surface area contributed by atoms with Gasteiger partial charge in [0.2, 0.25) is 0 Å². The summed E-state index contributed by atoms with van der Waals surface area (Å²) in [5, 5.41) is 10.5. The lowest BCUT2D eigenvalue weighted by Crippen LogP contribution is -2.40. The number of rotatable bonds is 3. The second-order valence-corrected chi connectivity index (χ2v) is 5.61. The molecule has 20 heavy (non-hydrogen) atoms. The molecule has 4 nitrogen and oxygen atoms in total. The van der Waals surface area contributed by atoms with Crippen molar-refractivity contribution in [1.82, 2.24) is 4.90 Å². The van der Waals surface area contributed by atoms with Gasteiger partial charge in [0.1, 0.15) is 0 Å². The number of piperidine rings is 1. The molecule has 2 heterocycles. The summed E-state index contributed by atoms with van der Waals surface area (Å²) in [4.78, 5) is 15.1. The predicted octanol–water partition coefficient (Wildman–Crippen LogP) is 1.73. The Labute approximate surface area is 123 Å². The summed E-state index contributed by atoms with van der Waals surface area (Å²) in [5.74, 6) is 5.90. The molecule has 0 aliphatic carbocycles. The molecule has 5 heteroatoms. The molecule has 1 aliphatic rings. The van der Waals surface area contributed by atoms with E-state index >= 15 is 0 Å². The summed E-state index contributed by atoms with van der Waals surface area (Å²) in [6.45, 7) is 1.57. The SMILES string of the molecule is COC1CCN(C(=O)c2csc(C#CCCO)c2)CC1. The van der Waals surface area contributed by atoms with Crippen molar-refractivity contribution in [2.45, 2.75) is 25.4 Å². The molecule has 1 amide bonds. The molecule has 1 saturated heterocycles. The number of carbonyl (C=O) groups is 1. The van der Waals surface area contributed by atoms with Gasteiger partial charge >= 0.3 is 0 Å². The second kappa shape index (κ2) is 7.44. The van der Waals surface area contributed by atoms with Crippen molar-refractivity contribution >= 4 is 17.2 Å². The minimum Gasteiger partial charge on any atom is -0.395 e. The number of hydrogen-bond acceptors (Lipinski definition) is 4. The lowest BCUT2D eigenvalue weighted by molar-refractivity contribution is 0.0351. The van der Waals surface area contributed by atoms with Gasteiger partial charge in [-0.15, -0.1) is 11.3 Å². The van der Waals surface area contributed by atoms with E-state index in [1.54, 1.807) is 7.11 Å². The van der Waals surface area contributed by atoms with Gasteiger partial charge in [-0.2, -0.15) is 0 Å². The van der Waals surface area contributed by atoms with Crippen LogP contribution in [0.3, 0.4) is 0 Å². The Bertz CT molecular complexity index is 507. The van der Waals surface area contributed by atoms with Gasteiger partial charge in [-0.3, -0.25) is 4.79 Å². The molecular weight excluding hydrogens is 274 g/mol. The first kappa shape index (κ1) is 15.0. The molecule has 1 fully saturated rings. The Morgan fingerprint density at radius 2 is 2.30 bits per heavy atom. The zero-order chi connectivity index (χ0) is 14.4. The molecule has 2 rings (SSSR count). The molecule has 0 radical (unpaired) electrons. The zero-order valence-corrected chi connectivity index (χ0v) is 12.4. The predicted molar refractivity (Wildman–Crippen MR) is 78.8 cm³/mol. The van der Waals surface area contributed by atoms with E-state index in [1.165, 1.54) is 11.3 Å². The third-order valence-corrected chi connectivity index (χ3v) is 4.20. The maximum absolute atomic E-state index is 12.3. The Kier molecular flexibility index (Phi) is 5.60. The first-order chi connectivity index (χ1) is 9.74. The molecule has 0 unspecified atom stereocenters. The van der Waals surface area contributed by atoms with Gasteiger partial charge in [0, 0.05) is 32.0 Å². The van der Waals surface area contributed by atoms with Crippen molar-refractivity contribution in [2.24, 2.45) is 0 Å². The van der Waals surface area contributed by atoms with E-state index in [4.69, 9.17) is 9.84 Å². The quantitative estimate of drug-likeness (QED) is 0.864. The van der Waals surface area contributed by atoms with Crippen LogP contribution < -0.4 is 0 Å². The Morgan fingerprint density at radius 3 is 2.95 bits per heavy atom. The fourth-order valence-electron chi connectivity index (χ4n) is 2.20. The largest absolute Gasteiger partial charge is 0.395 e. The number of nitrogens with zero attached hydrogens (tertiary/aromatic N) is 1. The van der Waals surface area contributed by atoms with Crippen LogP contribution in [0.5, 0.6) is 0 Å². The molecule has 0 saturated carbocycles. The van der Waals surface area contributed by atoms with Crippen molar-refractivity contribution < 1.29 is 14.6 Å². The van der Waals surface area contributed by atoms with E-state index in [9.17, 15) is 4.79 Å². The summed E-state index contributed by atoms with van der Waals surface area (Å²) >= 11 is 1.47. The number of aliphatic hydroxyl groups excluding tert-OH is 1. The first-order valence-corrected chi connectivity index (χ1v) is 7.63. The van der Waals surface area contributed by atoms with Crippen LogP contribution >= 0.6 is 11.3 Å². The number of aliphatic hydroxyl groups is 1. The van der Waals surface area contributed by atoms with Gasteiger partial charge in [0.25, 0.3) is 5.91 Å². The second-order valence-electron chi connectivity index (χ2n) is 4.70. The van der Waals surface area contributed by atoms with E-state index in [2.05, 4.69) is 11.8 Å². The first-order valence-electron chi connectivity index (χ1n) is 6.75. The van der Waals surface area contributed by atoms with Gasteiger partial charge in [-0.1, -0.05) is 11.8 Å². The molecule has 1 aromatic rings. The average molecular weight is 293 g/mol. The van der Waals surface area contributed by atoms with Crippen molar-refractivity contribution in [2.75, 3.05) is 26.8 Å². The third kappa shape index (κ3) is 3.83. The minimum atomic E-state index is 0.0681. The summed E-state index contributed by atoms with van der Waals surface area (Å²) < 4.78 is 5.31. The summed E-state index contributed by atoms with van der Waals surface area (Å²) in [5.41, 5.74) is 0.708. The van der Waals surface area contributed by atoms with E-state index in [1.807, 2.05) is 16.3 Å². The number of thiophene rings is 1. The number of carbonyl (C=O) groups excluding carboxylic acids is 1. The molecule has 0 bridgehead atoms. The molecule has 108 valence electrons. The number of hydrogen-bond donors (Lipinski definition) is 1. The zero-order valence-electron chi connectivity index (χ0n) is 11.6. The van der Waals surface area contributed by atoms with E-state index < -0.39 is 0 Å². The highest BCUT2D eigenvalue weighted by Gasteiger charge is 2.23. The number of methoxy groups -OCH3 is 1. The van der Waals surface area contributed by atoms with Crippen LogP contribution in [0, 0.1) is 11.8 Å². The van der Waals surface area contributed by atoms with Crippen molar-refractivity contribution in [3.8, 4) is 11.8 Å². The molecule has 1 aliphatic heterocycles. The third-order valence-electron chi connectivity index (χ3n) is 3.36. The summed E-state index contributed by atoms with van der Waals surface area (Å²) in [6, 6.07) is 1.83. The van der Waals surface area contributed by atoms with Crippen molar-refractivity contribution in [3.63, 3.8) is 0 Å². The highest BCUT2D eigenvalue weighted by atomic mass is 32.1. The van der Waals surface area contributed by atoms with Crippen LogP contribution in [0.25, 0.3) is 0 Å². The molecule has 0 aromatic carbocycles. The van der Waals surface area contributed by atoms with E-state index in [0.29, 0.717) is 12.0 Å². The highest BCUT2D eigenvalue weighted by Crippen LogP contribution is 2.19. The van der Waals surface area contributed by atoms with Crippen molar-refractivity contribution in [3.05, 3.63) is 21.9 Å². The van der Waals surface area contributed by atoms with Gasteiger partial charge < -0.3 is 14.7 Å². The Morgan fingerprint density at radius 1 is 1.55 bits per heavy atom. The van der Waals surface area contributed by atoms with Gasteiger partial charge in [-0.25, -0.2) is 0 Å². The normalized spacial score (nSPS) is 15.8. The van der Waals surface area contributed by atoms with Crippen LogP contribution in [0.1, 0.15) is 34.5 Å². The maximum Gasteiger partial charge on any atom is 0.254 e. The smallest absolute Gasteiger partial charge is 0.254 e. The van der Waals surface area contributed by atoms with Crippen LogP contribution in [-0.4, -0.2) is 48.8 Å². The number of amides is 1. The fraction of sp³-hybridized carbons (Fsp3) is 0.533. The minimum absolute atomic E-state index is 0.0681. The monoisotopic (exact) mass is 293 g/mol. The summed E-state index contributed by atoms with van der Waals surface area (Å²) in [6.07, 6.45) is 2.54. The molecule has 0 atom stereocenters. The molecular formula is C15H19NO3S. The topological polar surface area (TPSA) is 49.8 Å². The Hall–Kier alpha value is -1.35. The van der Waals surface area contributed by atoms with Gasteiger partial charge in [0.15, 0.2) is 0 Å². The molecule has 1 aromatic heterocycles. The average Bonchev–Trinajstić information content (AvgIpc) is 2.96. The van der Waals surface area contributed by atoms with E-state index in [-0.39, 0.29) is 18.6 Å².